The van der Waals surface area contributed by atoms with E-state index >= 15 is 0 Å². The van der Waals surface area contributed by atoms with E-state index in [1.165, 1.54) is 23.0 Å². The van der Waals surface area contributed by atoms with Gasteiger partial charge in [-0.1, -0.05) is 6.07 Å². The van der Waals surface area contributed by atoms with Gasteiger partial charge >= 0.3 is 6.18 Å². The molecule has 2 rings (SSSR count). The largest absolute Gasteiger partial charge is 0.416 e. The molecule has 0 aliphatic rings. The van der Waals surface area contributed by atoms with Gasteiger partial charge < -0.3 is 5.32 Å². The quantitative estimate of drug-likeness (QED) is 0.768. The van der Waals surface area contributed by atoms with Crippen LogP contribution in [0.4, 0.5) is 13.2 Å². The summed E-state index contributed by atoms with van der Waals surface area (Å²) in [5, 5.41) is 6.97. The average Bonchev–Trinajstić information content (AvgIpc) is 2.98. The number of benzene rings is 1. The Bertz CT molecular complexity index is 804. The van der Waals surface area contributed by atoms with Crippen LogP contribution in [-0.2, 0) is 6.18 Å². The van der Waals surface area contributed by atoms with E-state index in [1.807, 2.05) is 0 Å². The zero-order valence-electron chi connectivity index (χ0n) is 16.8. The lowest BCUT2D eigenvalue weighted by molar-refractivity contribution is -0.137. The molecular formula is C20H27F3N4O. The number of nitrogens with one attached hydrogen (secondary N) is 1. The van der Waals surface area contributed by atoms with Gasteiger partial charge in [0.05, 0.1) is 28.7 Å². The number of halogens is 3. The van der Waals surface area contributed by atoms with Gasteiger partial charge in [-0.2, -0.15) is 18.3 Å². The van der Waals surface area contributed by atoms with E-state index in [1.54, 1.807) is 6.92 Å². The van der Waals surface area contributed by atoms with Crippen molar-refractivity contribution in [3.8, 4) is 5.69 Å². The van der Waals surface area contributed by atoms with E-state index in [2.05, 4.69) is 43.0 Å². The van der Waals surface area contributed by atoms with Gasteiger partial charge in [0, 0.05) is 25.2 Å². The SMILES string of the molecule is Cc1c(C(=O)NCCN(C(C)C)C(C)C)cnn1-c1cccc(C(F)(F)F)c1. The maximum Gasteiger partial charge on any atom is 0.416 e. The second kappa shape index (κ2) is 8.77. The molecular weight excluding hydrogens is 369 g/mol. The smallest absolute Gasteiger partial charge is 0.351 e. The van der Waals surface area contributed by atoms with Crippen molar-refractivity contribution in [1.29, 1.82) is 0 Å². The Labute approximate surface area is 163 Å². The molecule has 0 unspecified atom stereocenters. The number of rotatable bonds is 7. The molecule has 154 valence electrons. The molecule has 0 aliphatic carbocycles. The summed E-state index contributed by atoms with van der Waals surface area (Å²) >= 11 is 0. The fourth-order valence-corrected chi connectivity index (χ4v) is 3.21. The summed E-state index contributed by atoms with van der Waals surface area (Å²) in [5.41, 5.74) is 0.338. The Morgan fingerprint density at radius 2 is 1.86 bits per heavy atom. The molecule has 28 heavy (non-hydrogen) atoms. The second-order valence-corrected chi connectivity index (χ2v) is 7.28. The van der Waals surface area contributed by atoms with Crippen molar-refractivity contribution in [2.24, 2.45) is 0 Å². The van der Waals surface area contributed by atoms with Crippen molar-refractivity contribution in [1.82, 2.24) is 20.0 Å². The minimum absolute atomic E-state index is 0.261. The molecule has 1 heterocycles. The Morgan fingerprint density at radius 1 is 1.21 bits per heavy atom. The topological polar surface area (TPSA) is 50.2 Å². The Morgan fingerprint density at radius 3 is 2.43 bits per heavy atom. The summed E-state index contributed by atoms with van der Waals surface area (Å²) in [7, 11) is 0. The number of carbonyl (C=O) groups is 1. The normalized spacial score (nSPS) is 12.2. The van der Waals surface area contributed by atoms with E-state index in [-0.39, 0.29) is 11.6 Å². The third-order valence-electron chi connectivity index (χ3n) is 4.65. The van der Waals surface area contributed by atoms with E-state index < -0.39 is 11.7 Å². The number of amides is 1. The van der Waals surface area contributed by atoms with Crippen LogP contribution < -0.4 is 5.32 Å². The number of hydrogen-bond acceptors (Lipinski definition) is 3. The van der Waals surface area contributed by atoms with E-state index in [4.69, 9.17) is 0 Å². The molecule has 0 atom stereocenters. The van der Waals surface area contributed by atoms with Crippen LogP contribution in [0.15, 0.2) is 30.5 Å². The van der Waals surface area contributed by atoms with Crippen molar-refractivity contribution in [2.75, 3.05) is 13.1 Å². The lowest BCUT2D eigenvalue weighted by atomic mass is 10.2. The molecule has 0 fully saturated rings. The fraction of sp³-hybridized carbons (Fsp3) is 0.500. The van der Waals surface area contributed by atoms with Crippen LogP contribution in [0, 0.1) is 6.92 Å². The first-order valence-electron chi connectivity index (χ1n) is 9.28. The molecule has 0 radical (unpaired) electrons. The molecule has 1 N–H and O–H groups in total. The molecule has 0 spiro atoms. The molecule has 0 saturated carbocycles. The van der Waals surface area contributed by atoms with Crippen molar-refractivity contribution in [3.63, 3.8) is 0 Å². The maximum atomic E-state index is 12.9. The fourth-order valence-electron chi connectivity index (χ4n) is 3.21. The Hall–Kier alpha value is -2.35. The number of carbonyl (C=O) groups excluding carboxylic acids is 1. The van der Waals surface area contributed by atoms with Crippen molar-refractivity contribution in [3.05, 3.63) is 47.3 Å². The average molecular weight is 396 g/mol. The molecule has 2 aromatic rings. The first-order chi connectivity index (χ1) is 13.0. The van der Waals surface area contributed by atoms with Crippen LogP contribution in [-0.4, -0.2) is 45.8 Å². The van der Waals surface area contributed by atoms with Crippen LogP contribution in [0.3, 0.4) is 0 Å². The van der Waals surface area contributed by atoms with Crippen molar-refractivity contribution in [2.45, 2.75) is 52.9 Å². The molecule has 0 saturated heterocycles. The zero-order valence-corrected chi connectivity index (χ0v) is 16.8. The summed E-state index contributed by atoms with van der Waals surface area (Å²) in [5.74, 6) is -0.289. The minimum atomic E-state index is -4.43. The summed E-state index contributed by atoms with van der Waals surface area (Å²) in [6, 6.07) is 5.60. The number of nitrogens with zero attached hydrogens (tertiary/aromatic N) is 3. The summed E-state index contributed by atoms with van der Waals surface area (Å²) in [6.07, 6.45) is -3.05. The van der Waals surface area contributed by atoms with Gasteiger partial charge in [-0.25, -0.2) is 4.68 Å². The van der Waals surface area contributed by atoms with Crippen LogP contribution in [0.25, 0.3) is 5.69 Å². The standard InChI is InChI=1S/C20H27F3N4O/c1-13(2)26(14(3)4)10-9-24-19(28)18-12-25-27(15(18)5)17-8-6-7-16(11-17)20(21,22)23/h6-8,11-14H,9-10H2,1-5H3,(H,24,28). The molecule has 1 aromatic heterocycles. The van der Waals surface area contributed by atoms with Crippen LogP contribution >= 0.6 is 0 Å². The lowest BCUT2D eigenvalue weighted by Gasteiger charge is -2.30. The molecule has 1 amide bonds. The first kappa shape index (κ1) is 21.9. The minimum Gasteiger partial charge on any atom is -0.351 e. The van der Waals surface area contributed by atoms with E-state index in [9.17, 15) is 18.0 Å². The highest BCUT2D eigenvalue weighted by Crippen LogP contribution is 2.30. The van der Waals surface area contributed by atoms with Crippen molar-refractivity contribution < 1.29 is 18.0 Å². The predicted molar refractivity (Wildman–Crippen MR) is 103 cm³/mol. The summed E-state index contributed by atoms with van der Waals surface area (Å²) in [6.45, 7) is 11.3. The summed E-state index contributed by atoms with van der Waals surface area (Å²) in [4.78, 5) is 14.8. The van der Waals surface area contributed by atoms with Gasteiger partial charge in [0.15, 0.2) is 0 Å². The molecule has 0 aliphatic heterocycles. The number of hydrogen-bond donors (Lipinski definition) is 1. The third kappa shape index (κ3) is 5.13. The Kier molecular flexibility index (Phi) is 6.87. The van der Waals surface area contributed by atoms with E-state index in [0.717, 1.165) is 12.1 Å². The van der Waals surface area contributed by atoms with Crippen LogP contribution in [0.1, 0.15) is 49.3 Å². The van der Waals surface area contributed by atoms with Gasteiger partial charge in [-0.15, -0.1) is 0 Å². The van der Waals surface area contributed by atoms with Gasteiger partial charge in [0.1, 0.15) is 0 Å². The molecule has 5 nitrogen and oxygen atoms in total. The van der Waals surface area contributed by atoms with Crippen LogP contribution in [0.2, 0.25) is 0 Å². The van der Waals surface area contributed by atoms with Crippen LogP contribution in [0.5, 0.6) is 0 Å². The molecule has 0 bridgehead atoms. The van der Waals surface area contributed by atoms with Gasteiger partial charge in [0.25, 0.3) is 5.91 Å². The Balaban J connectivity index is 2.11. The monoisotopic (exact) mass is 396 g/mol. The third-order valence-corrected chi connectivity index (χ3v) is 4.65. The van der Waals surface area contributed by atoms with Gasteiger partial charge in [-0.3, -0.25) is 9.69 Å². The van der Waals surface area contributed by atoms with Gasteiger partial charge in [-0.05, 0) is 52.8 Å². The number of alkyl halides is 3. The highest BCUT2D eigenvalue weighted by Gasteiger charge is 2.30. The highest BCUT2D eigenvalue weighted by molar-refractivity contribution is 5.95. The maximum absolute atomic E-state index is 12.9. The van der Waals surface area contributed by atoms with Crippen molar-refractivity contribution >= 4 is 5.91 Å². The highest BCUT2D eigenvalue weighted by atomic mass is 19.4. The lowest BCUT2D eigenvalue weighted by Crippen LogP contribution is -2.42. The van der Waals surface area contributed by atoms with E-state index in [0.29, 0.717) is 36.4 Å². The summed E-state index contributed by atoms with van der Waals surface area (Å²) < 4.78 is 40.2. The first-order valence-corrected chi connectivity index (χ1v) is 9.28. The van der Waals surface area contributed by atoms with Gasteiger partial charge in [0.2, 0.25) is 0 Å². The number of aromatic nitrogens is 2. The molecule has 1 aromatic carbocycles. The zero-order chi connectivity index (χ0) is 21.1. The second-order valence-electron chi connectivity index (χ2n) is 7.28. The molecule has 8 heteroatoms. The predicted octanol–water partition coefficient (Wildman–Crippen LogP) is 4.05.